The minimum atomic E-state index is -0.164. The van der Waals surface area contributed by atoms with Crippen LogP contribution in [0.2, 0.25) is 0 Å². The Bertz CT molecular complexity index is 450. The molecule has 118 valence electrons. The minimum Gasteiger partial charge on any atom is -0.373 e. The lowest BCUT2D eigenvalue weighted by molar-refractivity contribution is -0.0864. The van der Waals surface area contributed by atoms with Crippen molar-refractivity contribution in [1.29, 1.82) is 0 Å². The highest BCUT2D eigenvalue weighted by molar-refractivity contribution is 5.20. The van der Waals surface area contributed by atoms with Crippen LogP contribution in [0.5, 0.6) is 0 Å². The zero-order chi connectivity index (χ0) is 15.3. The molecular weight excluding hydrogens is 267 g/mol. The second-order valence-electron chi connectivity index (χ2n) is 6.34. The Kier molecular flexibility index (Phi) is 5.73. The van der Waals surface area contributed by atoms with Gasteiger partial charge in [-0.3, -0.25) is 4.90 Å². The molecule has 4 heteroatoms. The van der Waals surface area contributed by atoms with Crippen LogP contribution in [0.25, 0.3) is 0 Å². The fraction of sp³-hybridized carbons (Fsp3) is 0.647. The van der Waals surface area contributed by atoms with Gasteiger partial charge < -0.3 is 10.1 Å². The van der Waals surface area contributed by atoms with Gasteiger partial charge in [0.15, 0.2) is 0 Å². The molecule has 3 nitrogen and oxygen atoms in total. The zero-order valence-electron chi connectivity index (χ0n) is 13.4. The molecule has 1 heterocycles. The Labute approximate surface area is 127 Å². The Morgan fingerprint density at radius 3 is 2.90 bits per heavy atom. The van der Waals surface area contributed by atoms with Crippen LogP contribution in [0, 0.1) is 5.82 Å². The fourth-order valence-electron chi connectivity index (χ4n) is 2.97. The first-order valence-electron chi connectivity index (χ1n) is 7.85. The molecule has 21 heavy (non-hydrogen) atoms. The first-order chi connectivity index (χ1) is 10.00. The Balaban J connectivity index is 1.94. The van der Waals surface area contributed by atoms with E-state index in [0.717, 1.165) is 44.8 Å². The van der Waals surface area contributed by atoms with Gasteiger partial charge in [-0.1, -0.05) is 19.1 Å². The van der Waals surface area contributed by atoms with E-state index in [1.807, 2.05) is 6.07 Å². The van der Waals surface area contributed by atoms with Gasteiger partial charge in [-0.25, -0.2) is 4.39 Å². The maximum absolute atomic E-state index is 13.4. The highest BCUT2D eigenvalue weighted by Crippen LogP contribution is 2.21. The maximum atomic E-state index is 13.4. The van der Waals surface area contributed by atoms with Crippen LogP contribution in [-0.2, 0) is 4.74 Å². The molecule has 0 spiro atoms. The monoisotopic (exact) mass is 294 g/mol. The van der Waals surface area contributed by atoms with E-state index >= 15 is 0 Å². The molecule has 1 aliphatic rings. The van der Waals surface area contributed by atoms with Crippen LogP contribution in [0.15, 0.2) is 24.3 Å². The van der Waals surface area contributed by atoms with E-state index in [0.29, 0.717) is 0 Å². The van der Waals surface area contributed by atoms with Crippen LogP contribution in [0.1, 0.15) is 38.8 Å². The third-order valence-electron chi connectivity index (χ3n) is 3.94. The van der Waals surface area contributed by atoms with Crippen molar-refractivity contribution >= 4 is 0 Å². The van der Waals surface area contributed by atoms with E-state index in [1.165, 1.54) is 6.07 Å². The number of nitrogens with zero attached hydrogens (tertiary/aromatic N) is 1. The summed E-state index contributed by atoms with van der Waals surface area (Å²) in [6.45, 7) is 11.0. The van der Waals surface area contributed by atoms with Crippen LogP contribution >= 0.6 is 0 Å². The quantitative estimate of drug-likeness (QED) is 0.873. The summed E-state index contributed by atoms with van der Waals surface area (Å²) in [6, 6.07) is 7.12. The van der Waals surface area contributed by atoms with E-state index in [-0.39, 0.29) is 17.5 Å². The predicted molar refractivity (Wildman–Crippen MR) is 83.9 cm³/mol. The first kappa shape index (κ1) is 16.4. The molecule has 1 unspecified atom stereocenters. The summed E-state index contributed by atoms with van der Waals surface area (Å²) in [4.78, 5) is 2.44. The fourth-order valence-corrected chi connectivity index (χ4v) is 2.97. The lowest BCUT2D eigenvalue weighted by Crippen LogP contribution is -2.48. The number of ether oxygens (including phenoxy) is 1. The second kappa shape index (κ2) is 7.34. The topological polar surface area (TPSA) is 24.5 Å². The number of halogens is 1. The lowest BCUT2D eigenvalue weighted by Gasteiger charge is -2.38. The lowest BCUT2D eigenvalue weighted by atomic mass is 10.0. The maximum Gasteiger partial charge on any atom is 0.123 e. The molecule has 0 amide bonds. The summed E-state index contributed by atoms with van der Waals surface area (Å²) >= 11 is 0. The van der Waals surface area contributed by atoms with E-state index in [9.17, 15) is 4.39 Å². The molecule has 0 saturated carbocycles. The van der Waals surface area contributed by atoms with E-state index in [1.54, 1.807) is 12.1 Å². The normalized spacial score (nSPS) is 20.4. The van der Waals surface area contributed by atoms with Gasteiger partial charge in [0, 0.05) is 25.7 Å². The Morgan fingerprint density at radius 1 is 1.43 bits per heavy atom. The van der Waals surface area contributed by atoms with Crippen molar-refractivity contribution in [3.63, 3.8) is 0 Å². The molecule has 0 bridgehead atoms. The largest absolute Gasteiger partial charge is 0.373 e. The van der Waals surface area contributed by atoms with Gasteiger partial charge in [0.1, 0.15) is 5.82 Å². The average Bonchev–Trinajstić information content (AvgIpc) is 2.42. The molecule has 0 aliphatic carbocycles. The van der Waals surface area contributed by atoms with Crippen LogP contribution in [0.4, 0.5) is 4.39 Å². The third kappa shape index (κ3) is 5.06. The second-order valence-corrected chi connectivity index (χ2v) is 6.34. The molecule has 1 aromatic carbocycles. The van der Waals surface area contributed by atoms with Gasteiger partial charge in [-0.05, 0) is 44.5 Å². The standard InChI is InChI=1S/C17H27FN2O/c1-4-19-16(14-6-5-7-15(18)12-14)8-9-20-10-11-21-17(2,3)13-20/h5-7,12,16,19H,4,8-11,13H2,1-3H3. The van der Waals surface area contributed by atoms with Gasteiger partial charge in [0.05, 0.1) is 12.2 Å². The SMILES string of the molecule is CCNC(CCN1CCOC(C)(C)C1)c1cccc(F)c1. The number of hydrogen-bond acceptors (Lipinski definition) is 3. The van der Waals surface area contributed by atoms with Gasteiger partial charge in [0.25, 0.3) is 0 Å². The Morgan fingerprint density at radius 2 is 2.24 bits per heavy atom. The minimum absolute atomic E-state index is 0.0647. The summed E-state index contributed by atoms with van der Waals surface area (Å²) < 4.78 is 19.2. The van der Waals surface area contributed by atoms with Gasteiger partial charge in [0.2, 0.25) is 0 Å². The third-order valence-corrected chi connectivity index (χ3v) is 3.94. The molecule has 1 fully saturated rings. The molecule has 1 atom stereocenters. The van der Waals surface area contributed by atoms with Crippen LogP contribution in [0.3, 0.4) is 0 Å². The van der Waals surface area contributed by atoms with Crippen molar-refractivity contribution in [1.82, 2.24) is 10.2 Å². The zero-order valence-corrected chi connectivity index (χ0v) is 13.4. The van der Waals surface area contributed by atoms with Gasteiger partial charge in [-0.15, -0.1) is 0 Å². The predicted octanol–water partition coefficient (Wildman–Crippen LogP) is 2.98. The molecule has 1 aliphatic heterocycles. The molecule has 0 radical (unpaired) electrons. The Hall–Kier alpha value is -0.970. The van der Waals surface area contributed by atoms with Crippen molar-refractivity contribution in [3.8, 4) is 0 Å². The summed E-state index contributed by atoms with van der Waals surface area (Å²) in [7, 11) is 0. The van der Waals surface area contributed by atoms with Gasteiger partial charge >= 0.3 is 0 Å². The summed E-state index contributed by atoms with van der Waals surface area (Å²) in [5, 5.41) is 3.46. The van der Waals surface area contributed by atoms with Crippen molar-refractivity contribution in [2.75, 3.05) is 32.8 Å². The molecule has 1 N–H and O–H groups in total. The molecular formula is C17H27FN2O. The summed E-state index contributed by atoms with van der Waals surface area (Å²) in [5.41, 5.74) is 0.967. The highest BCUT2D eigenvalue weighted by Gasteiger charge is 2.27. The van der Waals surface area contributed by atoms with Crippen molar-refractivity contribution in [2.45, 2.75) is 38.8 Å². The van der Waals surface area contributed by atoms with Crippen LogP contribution < -0.4 is 5.32 Å². The molecule has 0 aromatic heterocycles. The van der Waals surface area contributed by atoms with Crippen molar-refractivity contribution in [2.24, 2.45) is 0 Å². The molecule has 1 aromatic rings. The first-order valence-corrected chi connectivity index (χ1v) is 7.85. The number of morpholine rings is 1. The van der Waals surface area contributed by atoms with Crippen molar-refractivity contribution in [3.05, 3.63) is 35.6 Å². The molecule has 1 saturated heterocycles. The van der Waals surface area contributed by atoms with Crippen LogP contribution in [-0.4, -0.2) is 43.3 Å². The number of benzene rings is 1. The highest BCUT2D eigenvalue weighted by atomic mass is 19.1. The average molecular weight is 294 g/mol. The number of rotatable bonds is 6. The van der Waals surface area contributed by atoms with Gasteiger partial charge in [-0.2, -0.15) is 0 Å². The number of nitrogens with one attached hydrogen (secondary N) is 1. The van der Waals surface area contributed by atoms with E-state index < -0.39 is 0 Å². The van der Waals surface area contributed by atoms with Crippen molar-refractivity contribution < 1.29 is 9.13 Å². The van der Waals surface area contributed by atoms with E-state index in [4.69, 9.17) is 4.74 Å². The smallest absolute Gasteiger partial charge is 0.123 e. The van der Waals surface area contributed by atoms with E-state index in [2.05, 4.69) is 31.0 Å². The number of hydrogen-bond donors (Lipinski definition) is 1. The summed E-state index contributed by atoms with van der Waals surface area (Å²) in [6.07, 6.45) is 0.980. The summed E-state index contributed by atoms with van der Waals surface area (Å²) in [5.74, 6) is -0.164. The molecule has 2 rings (SSSR count).